The summed E-state index contributed by atoms with van der Waals surface area (Å²) in [5, 5.41) is 0. The van der Waals surface area contributed by atoms with E-state index in [1.54, 1.807) is 6.92 Å². The van der Waals surface area contributed by atoms with Gasteiger partial charge in [0.2, 0.25) is 0 Å². The molecule has 0 radical (unpaired) electrons. The van der Waals surface area contributed by atoms with Crippen molar-refractivity contribution in [2.45, 2.75) is 40.7 Å². The molecule has 2 N–H and O–H groups in total. The Morgan fingerprint density at radius 3 is 2.60 bits per heavy atom. The molecule has 1 rings (SSSR count). The minimum atomic E-state index is -0.451. The number of aromatic nitrogens is 2. The van der Waals surface area contributed by atoms with Gasteiger partial charge >= 0.3 is 5.97 Å². The first kappa shape index (κ1) is 16.5. The number of ether oxygens (including phenoxy) is 1. The van der Waals surface area contributed by atoms with E-state index >= 15 is 0 Å². The van der Waals surface area contributed by atoms with E-state index in [4.69, 9.17) is 10.5 Å². The second kappa shape index (κ2) is 7.89. The maximum Gasteiger partial charge on any atom is 0.360 e. The highest BCUT2D eigenvalue weighted by Gasteiger charge is 2.19. The Morgan fingerprint density at radius 1 is 1.35 bits per heavy atom. The highest BCUT2D eigenvalue weighted by atomic mass is 16.5. The maximum absolute atomic E-state index is 11.7. The van der Waals surface area contributed by atoms with E-state index in [-0.39, 0.29) is 5.69 Å². The Morgan fingerprint density at radius 2 is 2.05 bits per heavy atom. The van der Waals surface area contributed by atoms with Gasteiger partial charge in [-0.2, -0.15) is 0 Å². The number of anilines is 1. The lowest BCUT2D eigenvalue weighted by Crippen LogP contribution is -2.28. The first-order valence-electron chi connectivity index (χ1n) is 7.27. The molecule has 0 unspecified atom stereocenters. The molecule has 0 aliphatic rings. The van der Waals surface area contributed by atoms with Crippen LogP contribution in [0.2, 0.25) is 0 Å². The zero-order chi connectivity index (χ0) is 15.1. The van der Waals surface area contributed by atoms with E-state index in [1.165, 1.54) is 0 Å². The molecule has 0 aliphatic carbocycles. The quantitative estimate of drug-likeness (QED) is 0.734. The topological polar surface area (TPSA) is 73.4 Å². The Kier molecular flexibility index (Phi) is 6.51. The van der Waals surface area contributed by atoms with Crippen LogP contribution in [0.25, 0.3) is 0 Å². The number of nitrogens with zero attached hydrogens (tertiary/aromatic N) is 3. The van der Waals surface area contributed by atoms with Crippen LogP contribution in [0.15, 0.2) is 0 Å². The molecule has 0 aliphatic heterocycles. The summed E-state index contributed by atoms with van der Waals surface area (Å²) in [7, 11) is 0. The van der Waals surface area contributed by atoms with Crippen molar-refractivity contribution in [3.05, 3.63) is 11.5 Å². The molecule has 0 fully saturated rings. The van der Waals surface area contributed by atoms with Gasteiger partial charge in [0.05, 0.1) is 6.61 Å². The number of carbonyl (C=O) groups is 1. The van der Waals surface area contributed by atoms with Gasteiger partial charge < -0.3 is 19.9 Å². The smallest absolute Gasteiger partial charge is 0.360 e. The maximum atomic E-state index is 11.7. The number of aryl methyl sites for hydroxylation is 1. The number of hydrogen-bond acceptors (Lipinski definition) is 5. The molecule has 0 amide bonds. The van der Waals surface area contributed by atoms with Gasteiger partial charge in [-0.05, 0) is 33.4 Å². The highest BCUT2D eigenvalue weighted by molar-refractivity contribution is 5.92. The summed E-state index contributed by atoms with van der Waals surface area (Å²) in [4.78, 5) is 18.3. The van der Waals surface area contributed by atoms with Crippen molar-refractivity contribution in [2.75, 3.05) is 32.0 Å². The summed E-state index contributed by atoms with van der Waals surface area (Å²) in [6, 6.07) is 0. The van der Waals surface area contributed by atoms with Crippen LogP contribution in [0.4, 0.5) is 5.82 Å². The SMILES string of the molecule is CCCN(CC)CCn1c(C)nc(C(=O)OCC)c1N. The number of rotatable bonds is 8. The summed E-state index contributed by atoms with van der Waals surface area (Å²) in [6.45, 7) is 12.0. The van der Waals surface area contributed by atoms with Crippen molar-refractivity contribution in [2.24, 2.45) is 0 Å². The van der Waals surface area contributed by atoms with Crippen molar-refractivity contribution in [3.63, 3.8) is 0 Å². The van der Waals surface area contributed by atoms with Crippen LogP contribution in [0, 0.1) is 6.92 Å². The Balaban J connectivity index is 2.78. The summed E-state index contributed by atoms with van der Waals surface area (Å²) in [6.07, 6.45) is 1.13. The predicted octanol–water partition coefficient (Wildman–Crippen LogP) is 1.68. The van der Waals surface area contributed by atoms with Crippen LogP contribution in [0.3, 0.4) is 0 Å². The Bertz CT molecular complexity index is 443. The zero-order valence-electron chi connectivity index (χ0n) is 13.0. The van der Waals surface area contributed by atoms with Gasteiger partial charge in [-0.15, -0.1) is 0 Å². The van der Waals surface area contributed by atoms with Gasteiger partial charge in [0.15, 0.2) is 5.69 Å². The summed E-state index contributed by atoms with van der Waals surface area (Å²) in [5.74, 6) is 0.694. The van der Waals surface area contributed by atoms with Crippen molar-refractivity contribution in [1.82, 2.24) is 14.5 Å². The van der Waals surface area contributed by atoms with Crippen LogP contribution in [-0.2, 0) is 11.3 Å². The van der Waals surface area contributed by atoms with Gasteiger partial charge in [0, 0.05) is 13.1 Å². The number of carbonyl (C=O) groups excluding carboxylic acids is 1. The molecular weight excluding hydrogens is 256 g/mol. The average molecular weight is 282 g/mol. The number of nitrogen functional groups attached to an aromatic ring is 1. The van der Waals surface area contributed by atoms with Crippen molar-refractivity contribution < 1.29 is 9.53 Å². The highest BCUT2D eigenvalue weighted by Crippen LogP contribution is 2.15. The molecule has 1 heterocycles. The first-order valence-corrected chi connectivity index (χ1v) is 7.27. The lowest BCUT2D eigenvalue weighted by Gasteiger charge is -2.20. The van der Waals surface area contributed by atoms with Crippen LogP contribution in [0.1, 0.15) is 43.5 Å². The summed E-state index contributed by atoms with van der Waals surface area (Å²) < 4.78 is 6.84. The third kappa shape index (κ3) is 3.96. The van der Waals surface area contributed by atoms with Gasteiger partial charge in [0.25, 0.3) is 0 Å². The van der Waals surface area contributed by atoms with Crippen molar-refractivity contribution in [1.29, 1.82) is 0 Å². The predicted molar refractivity (Wildman–Crippen MR) is 79.7 cm³/mol. The van der Waals surface area contributed by atoms with Crippen molar-refractivity contribution >= 4 is 11.8 Å². The first-order chi connectivity index (χ1) is 9.54. The van der Waals surface area contributed by atoms with Crippen molar-refractivity contribution in [3.8, 4) is 0 Å². The molecule has 0 atom stereocenters. The molecule has 0 aromatic carbocycles. The largest absolute Gasteiger partial charge is 0.461 e. The monoisotopic (exact) mass is 282 g/mol. The fourth-order valence-electron chi connectivity index (χ4n) is 2.20. The minimum Gasteiger partial charge on any atom is -0.461 e. The van der Waals surface area contributed by atoms with E-state index in [9.17, 15) is 4.79 Å². The zero-order valence-corrected chi connectivity index (χ0v) is 13.0. The van der Waals surface area contributed by atoms with Gasteiger partial charge in [0.1, 0.15) is 11.6 Å². The third-order valence-electron chi connectivity index (χ3n) is 3.29. The summed E-state index contributed by atoms with van der Waals surface area (Å²) in [5.41, 5.74) is 6.24. The number of likely N-dealkylation sites (N-methyl/N-ethyl adjacent to an activating group) is 1. The lowest BCUT2D eigenvalue weighted by atomic mass is 10.4. The van der Waals surface area contributed by atoms with E-state index in [1.807, 2.05) is 11.5 Å². The molecule has 6 heteroatoms. The number of nitrogens with two attached hydrogens (primary N) is 1. The summed E-state index contributed by atoms with van der Waals surface area (Å²) >= 11 is 0. The fourth-order valence-corrected chi connectivity index (χ4v) is 2.20. The van der Waals surface area contributed by atoms with Crippen LogP contribution in [0.5, 0.6) is 0 Å². The molecule has 0 saturated heterocycles. The minimum absolute atomic E-state index is 0.225. The van der Waals surface area contributed by atoms with E-state index in [0.717, 1.165) is 38.4 Å². The fraction of sp³-hybridized carbons (Fsp3) is 0.714. The standard InChI is InChI=1S/C14H26N4O2/c1-5-8-17(6-2)9-10-18-11(4)16-12(13(18)15)14(19)20-7-3/h5-10,15H2,1-4H3. The number of esters is 1. The second-order valence-electron chi connectivity index (χ2n) is 4.70. The Hall–Kier alpha value is -1.56. The number of imidazole rings is 1. The lowest BCUT2D eigenvalue weighted by molar-refractivity contribution is 0.0521. The second-order valence-corrected chi connectivity index (χ2v) is 4.70. The van der Waals surface area contributed by atoms with Crippen LogP contribution >= 0.6 is 0 Å². The number of hydrogen-bond donors (Lipinski definition) is 1. The third-order valence-corrected chi connectivity index (χ3v) is 3.29. The van der Waals surface area contributed by atoms with Gasteiger partial charge in [-0.1, -0.05) is 13.8 Å². The van der Waals surface area contributed by atoms with E-state index < -0.39 is 5.97 Å². The van der Waals surface area contributed by atoms with Crippen LogP contribution in [-0.4, -0.2) is 46.7 Å². The normalized spacial score (nSPS) is 11.1. The molecule has 1 aromatic rings. The molecular formula is C14H26N4O2. The molecule has 1 aromatic heterocycles. The molecule has 0 bridgehead atoms. The van der Waals surface area contributed by atoms with E-state index in [0.29, 0.717) is 12.4 Å². The molecule has 0 spiro atoms. The van der Waals surface area contributed by atoms with E-state index in [2.05, 4.69) is 23.7 Å². The van der Waals surface area contributed by atoms with Crippen LogP contribution < -0.4 is 5.73 Å². The molecule has 0 saturated carbocycles. The molecule has 20 heavy (non-hydrogen) atoms. The average Bonchev–Trinajstić information content (AvgIpc) is 2.70. The molecule has 6 nitrogen and oxygen atoms in total. The Labute approximate surface area is 120 Å². The van der Waals surface area contributed by atoms with Gasteiger partial charge in [-0.3, -0.25) is 0 Å². The van der Waals surface area contributed by atoms with Gasteiger partial charge in [-0.25, -0.2) is 9.78 Å². The molecule has 114 valence electrons.